The largest absolute Gasteiger partial charge is 0.434 e. The molecule has 1 unspecified atom stereocenters. The summed E-state index contributed by atoms with van der Waals surface area (Å²) in [6.45, 7) is 0.185. The summed E-state index contributed by atoms with van der Waals surface area (Å²) in [5, 5.41) is 5.21. The molecule has 2 aliphatic rings. The van der Waals surface area contributed by atoms with Crippen LogP contribution in [-0.2, 0) is 4.79 Å². The van der Waals surface area contributed by atoms with Crippen molar-refractivity contribution < 1.29 is 27.9 Å². The number of rotatable bonds is 6. The Morgan fingerprint density at radius 3 is 2.35 bits per heavy atom. The number of hydrogen-bond donors (Lipinski definition) is 2. The second-order valence-corrected chi connectivity index (χ2v) is 7.82. The second-order valence-electron chi connectivity index (χ2n) is 7.82. The molecule has 2 fully saturated rings. The number of hydrogen-bond acceptors (Lipinski definition) is 5. The van der Waals surface area contributed by atoms with Crippen LogP contribution in [0.4, 0.5) is 13.6 Å². The van der Waals surface area contributed by atoms with Gasteiger partial charge in [0.25, 0.3) is 5.91 Å². The highest BCUT2D eigenvalue weighted by atomic mass is 19.3. The van der Waals surface area contributed by atoms with Crippen molar-refractivity contribution in [3.8, 4) is 5.75 Å². The maximum absolute atomic E-state index is 12.8. The van der Waals surface area contributed by atoms with Crippen LogP contribution >= 0.6 is 0 Å². The fraction of sp³-hybridized carbons (Fsp3) is 0.571. The molecule has 10 heteroatoms. The predicted molar refractivity (Wildman–Crippen MR) is 109 cm³/mol. The quantitative estimate of drug-likeness (QED) is 0.711. The van der Waals surface area contributed by atoms with Gasteiger partial charge in [0, 0.05) is 32.2 Å². The number of halogens is 2. The van der Waals surface area contributed by atoms with Crippen LogP contribution in [0.2, 0.25) is 0 Å². The van der Waals surface area contributed by atoms with E-state index in [1.54, 1.807) is 17.9 Å². The summed E-state index contributed by atoms with van der Waals surface area (Å²) >= 11 is 0. The Labute approximate surface area is 179 Å². The van der Waals surface area contributed by atoms with Crippen LogP contribution < -0.4 is 15.4 Å². The Kier molecular flexibility index (Phi) is 7.78. The summed E-state index contributed by atoms with van der Waals surface area (Å²) in [5.74, 6) is -0.958. The van der Waals surface area contributed by atoms with Crippen molar-refractivity contribution >= 4 is 17.8 Å². The predicted octanol–water partition coefficient (Wildman–Crippen LogP) is 2.20. The Balaban J connectivity index is 1.50. The molecule has 170 valence electrons. The number of carbonyl (C=O) groups is 3. The molecule has 0 spiro atoms. The van der Waals surface area contributed by atoms with Gasteiger partial charge in [0.1, 0.15) is 5.75 Å². The normalized spacial score (nSPS) is 18.6. The van der Waals surface area contributed by atoms with Gasteiger partial charge in [-0.3, -0.25) is 19.8 Å². The number of amides is 4. The lowest BCUT2D eigenvalue weighted by molar-refractivity contribution is -0.125. The average molecular weight is 438 g/mol. The molecule has 1 saturated heterocycles. The molecule has 2 N–H and O–H groups in total. The van der Waals surface area contributed by atoms with E-state index in [-0.39, 0.29) is 17.4 Å². The number of ether oxygens (including phenoxy) is 1. The minimum absolute atomic E-state index is 0.0747. The van der Waals surface area contributed by atoms with Crippen molar-refractivity contribution in [2.75, 3.05) is 26.2 Å². The van der Waals surface area contributed by atoms with Crippen LogP contribution in [0.1, 0.15) is 43.0 Å². The van der Waals surface area contributed by atoms with Crippen LogP contribution in [0.15, 0.2) is 24.3 Å². The number of para-hydroxylation sites is 1. The van der Waals surface area contributed by atoms with Crippen LogP contribution in [-0.4, -0.2) is 72.5 Å². The van der Waals surface area contributed by atoms with E-state index in [0.29, 0.717) is 26.2 Å². The van der Waals surface area contributed by atoms with Gasteiger partial charge in [0.2, 0.25) is 5.91 Å². The zero-order valence-electron chi connectivity index (χ0n) is 17.5. The highest BCUT2D eigenvalue weighted by Gasteiger charge is 2.30. The number of urea groups is 1. The van der Waals surface area contributed by atoms with E-state index >= 15 is 0 Å². The number of carbonyl (C=O) groups excluding carboxylic acids is 3. The van der Waals surface area contributed by atoms with Crippen molar-refractivity contribution in [2.24, 2.45) is 0 Å². The number of imide groups is 1. The molecule has 1 atom stereocenters. The number of nitrogens with one attached hydrogen (secondary N) is 2. The SMILES string of the molecule is CC(C(=O)NC(=O)NC1CCCC1)N1CCN(C(=O)c2ccccc2OC(F)F)CC1. The molecule has 31 heavy (non-hydrogen) atoms. The first-order valence-corrected chi connectivity index (χ1v) is 10.5. The fourth-order valence-electron chi connectivity index (χ4n) is 4.00. The van der Waals surface area contributed by atoms with E-state index < -0.39 is 30.5 Å². The van der Waals surface area contributed by atoms with Crippen molar-refractivity contribution in [3.63, 3.8) is 0 Å². The third-order valence-electron chi connectivity index (χ3n) is 5.79. The number of piperazine rings is 1. The second kappa shape index (κ2) is 10.5. The first kappa shape index (κ1) is 22.9. The lowest BCUT2D eigenvalue weighted by atomic mass is 10.1. The van der Waals surface area contributed by atoms with Crippen LogP contribution in [0.5, 0.6) is 5.75 Å². The van der Waals surface area contributed by atoms with Gasteiger partial charge in [-0.25, -0.2) is 4.79 Å². The smallest absolute Gasteiger partial charge is 0.387 e. The Morgan fingerprint density at radius 2 is 1.71 bits per heavy atom. The summed E-state index contributed by atoms with van der Waals surface area (Å²) in [6, 6.07) is 4.99. The van der Waals surface area contributed by atoms with Crippen molar-refractivity contribution in [3.05, 3.63) is 29.8 Å². The summed E-state index contributed by atoms with van der Waals surface area (Å²) in [5.41, 5.74) is 0.0747. The Morgan fingerprint density at radius 1 is 1.06 bits per heavy atom. The molecule has 0 bridgehead atoms. The number of nitrogens with zero attached hydrogens (tertiary/aromatic N) is 2. The number of benzene rings is 1. The zero-order valence-corrected chi connectivity index (χ0v) is 17.5. The monoisotopic (exact) mass is 438 g/mol. The zero-order chi connectivity index (χ0) is 22.4. The molecular formula is C21H28F2N4O4. The molecule has 1 saturated carbocycles. The lowest BCUT2D eigenvalue weighted by Crippen LogP contribution is -2.56. The van der Waals surface area contributed by atoms with E-state index in [1.165, 1.54) is 18.2 Å². The lowest BCUT2D eigenvalue weighted by Gasteiger charge is -2.37. The van der Waals surface area contributed by atoms with Gasteiger partial charge in [-0.15, -0.1) is 0 Å². The molecule has 1 aromatic rings. The van der Waals surface area contributed by atoms with Gasteiger partial charge in [-0.05, 0) is 31.9 Å². The fourth-order valence-corrected chi connectivity index (χ4v) is 4.00. The van der Waals surface area contributed by atoms with E-state index in [1.807, 2.05) is 4.90 Å². The molecule has 1 heterocycles. The summed E-state index contributed by atoms with van der Waals surface area (Å²) in [4.78, 5) is 40.6. The summed E-state index contributed by atoms with van der Waals surface area (Å²) in [6.07, 6.45) is 4.02. The molecule has 8 nitrogen and oxygen atoms in total. The number of alkyl halides is 2. The van der Waals surface area contributed by atoms with Crippen molar-refractivity contribution in [1.29, 1.82) is 0 Å². The van der Waals surface area contributed by atoms with Crippen molar-refractivity contribution in [2.45, 2.75) is 51.3 Å². The maximum atomic E-state index is 12.8. The highest BCUT2D eigenvalue weighted by Crippen LogP contribution is 2.23. The molecule has 0 radical (unpaired) electrons. The minimum Gasteiger partial charge on any atom is -0.434 e. The molecule has 0 aromatic heterocycles. The maximum Gasteiger partial charge on any atom is 0.387 e. The average Bonchev–Trinajstić information content (AvgIpc) is 3.25. The summed E-state index contributed by atoms with van der Waals surface area (Å²) in [7, 11) is 0. The van der Waals surface area contributed by atoms with E-state index in [0.717, 1.165) is 25.7 Å². The van der Waals surface area contributed by atoms with Crippen LogP contribution in [0.3, 0.4) is 0 Å². The Bertz CT molecular complexity index is 793. The molecule has 4 amide bonds. The summed E-state index contributed by atoms with van der Waals surface area (Å²) < 4.78 is 29.7. The standard InChI is InChI=1S/C21H28F2N4O4/c1-14(18(28)25-21(30)24-15-6-2-3-7-15)26-10-12-27(13-11-26)19(29)16-8-4-5-9-17(16)31-20(22)23/h4-5,8-9,14-15,20H,2-3,6-7,10-13H2,1H3,(H2,24,25,28,30). The molecular weight excluding hydrogens is 410 g/mol. The molecule has 1 aromatic carbocycles. The minimum atomic E-state index is -3.02. The van der Waals surface area contributed by atoms with Crippen LogP contribution in [0, 0.1) is 0 Å². The molecule has 3 rings (SSSR count). The van der Waals surface area contributed by atoms with Gasteiger partial charge in [0.15, 0.2) is 0 Å². The third-order valence-corrected chi connectivity index (χ3v) is 5.79. The Hall–Kier alpha value is -2.75. The first-order chi connectivity index (χ1) is 14.8. The van der Waals surface area contributed by atoms with E-state index in [4.69, 9.17) is 0 Å². The van der Waals surface area contributed by atoms with E-state index in [2.05, 4.69) is 15.4 Å². The van der Waals surface area contributed by atoms with E-state index in [9.17, 15) is 23.2 Å². The topological polar surface area (TPSA) is 91.0 Å². The van der Waals surface area contributed by atoms with Gasteiger partial charge < -0.3 is 15.0 Å². The van der Waals surface area contributed by atoms with Gasteiger partial charge >= 0.3 is 12.6 Å². The third kappa shape index (κ3) is 6.13. The van der Waals surface area contributed by atoms with Gasteiger partial charge in [0.05, 0.1) is 11.6 Å². The first-order valence-electron chi connectivity index (χ1n) is 10.5. The van der Waals surface area contributed by atoms with Gasteiger partial charge in [-0.1, -0.05) is 25.0 Å². The van der Waals surface area contributed by atoms with Crippen LogP contribution in [0.25, 0.3) is 0 Å². The van der Waals surface area contributed by atoms with Crippen molar-refractivity contribution in [1.82, 2.24) is 20.4 Å². The molecule has 1 aliphatic carbocycles. The van der Waals surface area contributed by atoms with Gasteiger partial charge in [-0.2, -0.15) is 8.78 Å². The highest BCUT2D eigenvalue weighted by molar-refractivity contribution is 5.97. The molecule has 1 aliphatic heterocycles.